The van der Waals surface area contributed by atoms with Gasteiger partial charge in [0.2, 0.25) is 4.58 Å². The molecule has 1 aromatic carbocycles. The molecular weight excluding hydrogens is 300 g/mol. The van der Waals surface area contributed by atoms with Crippen LogP contribution in [-0.2, 0) is 20.2 Å². The minimum absolute atomic E-state index is 0.106. The molecule has 0 fully saturated rings. The largest absolute Gasteiger partial charge is 0.286 e. The highest BCUT2D eigenvalue weighted by molar-refractivity contribution is 8.04. The van der Waals surface area contributed by atoms with Gasteiger partial charge in [-0.1, -0.05) is 18.2 Å². The Bertz CT molecular complexity index is 609. The number of benzene rings is 1. The van der Waals surface area contributed by atoms with Gasteiger partial charge in [-0.15, -0.1) is 4.91 Å². The summed E-state index contributed by atoms with van der Waals surface area (Å²) in [5.41, 5.74) is 0.106. The molecule has 11 heteroatoms. The van der Waals surface area contributed by atoms with E-state index >= 15 is 0 Å². The van der Waals surface area contributed by atoms with Gasteiger partial charge in [0.15, 0.2) is 0 Å². The van der Waals surface area contributed by atoms with E-state index in [0.29, 0.717) is 5.01 Å². The Morgan fingerprint density at radius 3 is 1.89 bits per heavy atom. The van der Waals surface area contributed by atoms with Crippen molar-refractivity contribution in [2.45, 2.75) is 4.58 Å². The van der Waals surface area contributed by atoms with Crippen LogP contribution in [0.3, 0.4) is 0 Å². The summed E-state index contributed by atoms with van der Waals surface area (Å²) in [6.45, 7) is -1.04. The van der Waals surface area contributed by atoms with Crippen LogP contribution in [0.2, 0.25) is 0 Å². The molecule has 2 N–H and O–H groups in total. The van der Waals surface area contributed by atoms with Gasteiger partial charge in [-0.05, 0) is 12.1 Å². The van der Waals surface area contributed by atoms with Crippen molar-refractivity contribution in [3.05, 3.63) is 35.2 Å². The van der Waals surface area contributed by atoms with E-state index in [1.54, 1.807) is 6.07 Å². The molecule has 0 heterocycles. The lowest BCUT2D eigenvalue weighted by atomic mass is 10.3. The van der Waals surface area contributed by atoms with Gasteiger partial charge in [-0.2, -0.15) is 16.8 Å². The van der Waals surface area contributed by atoms with E-state index in [-0.39, 0.29) is 5.69 Å². The third-order valence-corrected chi connectivity index (χ3v) is 5.23. The van der Waals surface area contributed by atoms with Crippen LogP contribution < -0.4 is 5.01 Å². The van der Waals surface area contributed by atoms with Gasteiger partial charge in [0.25, 0.3) is 20.2 Å². The van der Waals surface area contributed by atoms with Crippen molar-refractivity contribution in [3.8, 4) is 0 Å². The summed E-state index contributed by atoms with van der Waals surface area (Å²) in [4.78, 5) is 10.6. The maximum atomic E-state index is 10.9. The van der Waals surface area contributed by atoms with Gasteiger partial charge < -0.3 is 0 Å². The zero-order valence-corrected chi connectivity index (χ0v) is 11.0. The number of hydrogen-bond donors (Lipinski definition) is 2. The summed E-state index contributed by atoms with van der Waals surface area (Å²) in [5, 5.41) is 2.95. The Balaban J connectivity index is 3.12. The van der Waals surface area contributed by atoms with Gasteiger partial charge in [0.1, 0.15) is 0 Å². The van der Waals surface area contributed by atoms with E-state index in [2.05, 4.69) is 5.29 Å². The van der Waals surface area contributed by atoms with Crippen LogP contribution in [0.25, 0.3) is 0 Å². The minimum atomic E-state index is -5.11. The maximum absolute atomic E-state index is 10.9. The molecule has 0 spiro atoms. The molecule has 1 aromatic rings. The Hall–Kier alpha value is -1.56. The van der Waals surface area contributed by atoms with Crippen molar-refractivity contribution in [1.82, 2.24) is 0 Å². The lowest BCUT2D eigenvalue weighted by molar-refractivity contribution is 0.454. The van der Waals surface area contributed by atoms with Gasteiger partial charge in [0.05, 0.1) is 17.5 Å². The molecule has 1 rings (SSSR count). The second-order valence-corrected chi connectivity index (χ2v) is 6.96. The summed E-state index contributed by atoms with van der Waals surface area (Å²) in [5.74, 6) is 0. The molecule has 0 bridgehead atoms. The highest BCUT2D eigenvalue weighted by Gasteiger charge is 2.37. The zero-order chi connectivity index (χ0) is 14.7. The van der Waals surface area contributed by atoms with Crippen LogP contribution in [0, 0.1) is 4.91 Å². The molecule has 106 valence electrons. The van der Waals surface area contributed by atoms with Gasteiger partial charge in [-0.25, -0.2) is 5.01 Å². The van der Waals surface area contributed by atoms with E-state index < -0.39 is 31.4 Å². The summed E-state index contributed by atoms with van der Waals surface area (Å²) in [6, 6.07) is 7.35. The number of nitrogens with zero attached hydrogens (tertiary/aromatic N) is 2. The zero-order valence-electron chi connectivity index (χ0n) is 9.32. The van der Waals surface area contributed by atoms with Crippen molar-refractivity contribution in [3.63, 3.8) is 0 Å². The van der Waals surface area contributed by atoms with Crippen molar-refractivity contribution in [1.29, 1.82) is 0 Å². The molecule has 0 aliphatic heterocycles. The van der Waals surface area contributed by atoms with Crippen LogP contribution >= 0.6 is 0 Å². The Labute approximate surface area is 109 Å². The van der Waals surface area contributed by atoms with Crippen molar-refractivity contribution in [2.24, 2.45) is 5.29 Å². The highest BCUT2D eigenvalue weighted by atomic mass is 32.3. The van der Waals surface area contributed by atoms with Crippen molar-refractivity contribution in [2.75, 3.05) is 11.6 Å². The molecule has 0 aliphatic carbocycles. The molecule has 0 saturated heterocycles. The molecule has 19 heavy (non-hydrogen) atoms. The standard InChI is InChI=1S/C8H10N2O7S2/c11-9-10(7-4-2-1-3-5-7)6-8(18(12,13)14)19(15,16)17/h1-5,8H,6H2,(H,12,13,14)(H,15,16,17). The van der Waals surface area contributed by atoms with Crippen LogP contribution in [0.1, 0.15) is 0 Å². The van der Waals surface area contributed by atoms with Crippen molar-refractivity contribution >= 4 is 25.9 Å². The van der Waals surface area contributed by atoms with E-state index in [4.69, 9.17) is 9.11 Å². The lowest BCUT2D eigenvalue weighted by Gasteiger charge is -2.18. The molecule has 0 aliphatic rings. The van der Waals surface area contributed by atoms with E-state index in [9.17, 15) is 21.7 Å². The highest BCUT2D eigenvalue weighted by Crippen LogP contribution is 2.17. The fourth-order valence-corrected chi connectivity index (χ4v) is 3.16. The first-order valence-electron chi connectivity index (χ1n) is 4.74. The molecule has 0 radical (unpaired) electrons. The molecule has 0 atom stereocenters. The second-order valence-electron chi connectivity index (χ2n) is 3.46. The summed E-state index contributed by atoms with van der Waals surface area (Å²) in [7, 11) is -10.2. The Morgan fingerprint density at radius 2 is 1.53 bits per heavy atom. The molecule has 9 nitrogen and oxygen atoms in total. The van der Waals surface area contributed by atoms with Gasteiger partial charge in [0, 0.05) is 0 Å². The minimum Gasteiger partial charge on any atom is -0.284 e. The first kappa shape index (κ1) is 15.5. The van der Waals surface area contributed by atoms with E-state index in [1.807, 2.05) is 0 Å². The maximum Gasteiger partial charge on any atom is 0.286 e. The molecule has 0 unspecified atom stereocenters. The predicted molar refractivity (Wildman–Crippen MR) is 66.5 cm³/mol. The smallest absolute Gasteiger partial charge is 0.284 e. The summed E-state index contributed by atoms with van der Waals surface area (Å²) in [6.07, 6.45) is 0. The van der Waals surface area contributed by atoms with Crippen molar-refractivity contribution < 1.29 is 25.9 Å². The first-order chi connectivity index (χ1) is 8.66. The second kappa shape index (κ2) is 5.61. The third-order valence-electron chi connectivity index (χ3n) is 2.14. The van der Waals surface area contributed by atoms with E-state index in [1.165, 1.54) is 24.3 Å². The Kier molecular flexibility index (Phi) is 4.57. The van der Waals surface area contributed by atoms with Crippen LogP contribution in [0.15, 0.2) is 35.6 Å². The number of rotatable bonds is 6. The molecule has 0 saturated carbocycles. The normalized spacial score (nSPS) is 12.4. The number of anilines is 1. The fraction of sp³-hybridized carbons (Fsp3) is 0.250. The topological polar surface area (TPSA) is 141 Å². The van der Waals surface area contributed by atoms with Crippen LogP contribution in [-0.4, -0.2) is 37.1 Å². The predicted octanol–water partition coefficient (Wildman–Crippen LogP) is 0.276. The SMILES string of the molecule is O=NN(CC(S(=O)(=O)O)S(=O)(=O)O)c1ccccc1. The average molecular weight is 310 g/mol. The van der Waals surface area contributed by atoms with Gasteiger partial charge in [-0.3, -0.25) is 9.11 Å². The summed E-state index contributed by atoms with van der Waals surface area (Å²) < 4.78 is 58.6. The van der Waals surface area contributed by atoms with Crippen LogP contribution in [0.4, 0.5) is 5.69 Å². The third kappa shape index (κ3) is 4.24. The first-order valence-corrected chi connectivity index (χ1v) is 7.75. The van der Waals surface area contributed by atoms with E-state index in [0.717, 1.165) is 0 Å². The molecular formula is C8H10N2O7S2. The lowest BCUT2D eigenvalue weighted by Crippen LogP contribution is -2.39. The molecule has 0 amide bonds. The fourth-order valence-electron chi connectivity index (χ4n) is 1.27. The number of hydrogen-bond acceptors (Lipinski definition) is 6. The van der Waals surface area contributed by atoms with Crippen LogP contribution in [0.5, 0.6) is 0 Å². The average Bonchev–Trinajstić information content (AvgIpc) is 2.28. The van der Waals surface area contributed by atoms with Gasteiger partial charge >= 0.3 is 0 Å². The Morgan fingerprint density at radius 1 is 1.05 bits per heavy atom. The number of nitroso groups, excluding NO2 is 1. The quantitative estimate of drug-likeness (QED) is 0.433. The number of para-hydroxylation sites is 1. The monoisotopic (exact) mass is 310 g/mol. The molecule has 0 aromatic heterocycles. The summed E-state index contributed by atoms with van der Waals surface area (Å²) >= 11 is 0.